The maximum atomic E-state index is 12.3. The minimum absolute atomic E-state index is 0.0527. The van der Waals surface area contributed by atoms with E-state index in [9.17, 15) is 18.0 Å². The van der Waals surface area contributed by atoms with Gasteiger partial charge in [0.15, 0.2) is 0 Å². The predicted molar refractivity (Wildman–Crippen MR) is 57.6 cm³/mol. The molecule has 0 saturated heterocycles. The molecule has 0 radical (unpaired) electrons. The number of alkyl halides is 3. The molecule has 1 aromatic rings. The lowest BCUT2D eigenvalue weighted by atomic mass is 10.1. The first-order chi connectivity index (χ1) is 7.81. The van der Waals surface area contributed by atoms with Crippen molar-refractivity contribution in [2.75, 3.05) is 14.2 Å². The summed E-state index contributed by atoms with van der Waals surface area (Å²) in [4.78, 5) is 11.2. The number of hydrogen-bond acceptors (Lipinski definition) is 3. The molecule has 0 fully saturated rings. The first-order valence-corrected chi connectivity index (χ1v) is 5.13. The molecule has 0 N–H and O–H groups in total. The zero-order valence-electron chi connectivity index (χ0n) is 8.89. The van der Waals surface area contributed by atoms with Crippen LogP contribution in [-0.2, 0) is 0 Å². The van der Waals surface area contributed by atoms with Crippen molar-refractivity contribution in [3.8, 4) is 11.5 Å². The Kier molecular flexibility index (Phi) is 4.03. The Morgan fingerprint density at radius 3 is 2.24 bits per heavy atom. The van der Waals surface area contributed by atoms with E-state index < -0.39 is 17.5 Å². The zero-order chi connectivity index (χ0) is 13.2. The van der Waals surface area contributed by atoms with Gasteiger partial charge in [-0.3, -0.25) is 4.79 Å². The minimum Gasteiger partial charge on any atom is -0.497 e. The van der Waals surface area contributed by atoms with Gasteiger partial charge >= 0.3 is 6.18 Å². The molecular formula is C10H8BrF3O3. The highest BCUT2D eigenvalue weighted by molar-refractivity contribution is 9.10. The van der Waals surface area contributed by atoms with E-state index in [0.717, 1.165) is 6.07 Å². The van der Waals surface area contributed by atoms with Crippen LogP contribution in [0.1, 0.15) is 10.4 Å². The third kappa shape index (κ3) is 2.91. The molecule has 0 aromatic heterocycles. The summed E-state index contributed by atoms with van der Waals surface area (Å²) in [6.07, 6.45) is -4.94. The van der Waals surface area contributed by atoms with E-state index in [2.05, 4.69) is 15.9 Å². The van der Waals surface area contributed by atoms with E-state index in [0.29, 0.717) is 0 Å². The lowest BCUT2D eigenvalue weighted by Gasteiger charge is -2.12. The SMILES string of the molecule is COc1cc(OC)c(Br)c(C(=O)C(F)(F)F)c1. The van der Waals surface area contributed by atoms with Crippen LogP contribution in [0.2, 0.25) is 0 Å². The third-order valence-electron chi connectivity index (χ3n) is 1.97. The standard InChI is InChI=1S/C10H8BrF3O3/c1-16-5-3-6(9(15)10(12,13)14)8(11)7(4-5)17-2/h3-4H,1-2H3. The normalized spacial score (nSPS) is 11.2. The molecule has 1 rings (SSSR count). The van der Waals surface area contributed by atoms with Gasteiger partial charge in [-0.2, -0.15) is 13.2 Å². The van der Waals surface area contributed by atoms with Gasteiger partial charge < -0.3 is 9.47 Å². The summed E-state index contributed by atoms with van der Waals surface area (Å²) in [5, 5.41) is 0. The van der Waals surface area contributed by atoms with Crippen LogP contribution in [0.4, 0.5) is 13.2 Å². The van der Waals surface area contributed by atoms with Gasteiger partial charge in [0.25, 0.3) is 5.78 Å². The number of ketones is 1. The van der Waals surface area contributed by atoms with Gasteiger partial charge in [0, 0.05) is 11.6 Å². The molecule has 1 aromatic carbocycles. The Morgan fingerprint density at radius 2 is 1.82 bits per heavy atom. The van der Waals surface area contributed by atoms with Crippen molar-refractivity contribution in [2.24, 2.45) is 0 Å². The van der Waals surface area contributed by atoms with Crippen LogP contribution in [-0.4, -0.2) is 26.2 Å². The summed E-state index contributed by atoms with van der Waals surface area (Å²) in [5.74, 6) is -1.75. The van der Waals surface area contributed by atoms with Gasteiger partial charge in [-0.05, 0) is 22.0 Å². The molecule has 0 aliphatic rings. The van der Waals surface area contributed by atoms with E-state index >= 15 is 0 Å². The van der Waals surface area contributed by atoms with Crippen molar-refractivity contribution in [1.82, 2.24) is 0 Å². The van der Waals surface area contributed by atoms with Gasteiger partial charge in [0.05, 0.1) is 18.7 Å². The van der Waals surface area contributed by atoms with Gasteiger partial charge in [-0.1, -0.05) is 0 Å². The lowest BCUT2D eigenvalue weighted by Crippen LogP contribution is -2.23. The maximum absolute atomic E-state index is 12.3. The number of halogens is 4. The number of hydrogen-bond donors (Lipinski definition) is 0. The van der Waals surface area contributed by atoms with E-state index in [1.807, 2.05) is 0 Å². The monoisotopic (exact) mass is 312 g/mol. The van der Waals surface area contributed by atoms with Crippen molar-refractivity contribution < 1.29 is 27.4 Å². The van der Waals surface area contributed by atoms with Gasteiger partial charge in [0.1, 0.15) is 11.5 Å². The van der Waals surface area contributed by atoms with Gasteiger partial charge in [0.2, 0.25) is 0 Å². The Balaban J connectivity index is 3.37. The van der Waals surface area contributed by atoms with E-state index in [4.69, 9.17) is 9.47 Å². The molecule has 0 spiro atoms. The molecule has 0 aliphatic carbocycles. The van der Waals surface area contributed by atoms with Crippen LogP contribution in [0.5, 0.6) is 11.5 Å². The summed E-state index contributed by atoms with van der Waals surface area (Å²) < 4.78 is 46.6. The van der Waals surface area contributed by atoms with Crippen molar-refractivity contribution >= 4 is 21.7 Å². The van der Waals surface area contributed by atoms with E-state index in [1.165, 1.54) is 20.3 Å². The van der Waals surface area contributed by atoms with Crippen LogP contribution in [0, 0.1) is 0 Å². The summed E-state index contributed by atoms with van der Waals surface area (Å²) >= 11 is 2.90. The largest absolute Gasteiger partial charge is 0.497 e. The van der Waals surface area contributed by atoms with E-state index in [-0.39, 0.29) is 16.0 Å². The van der Waals surface area contributed by atoms with E-state index in [1.54, 1.807) is 0 Å². The minimum atomic E-state index is -4.94. The molecule has 0 aliphatic heterocycles. The number of benzene rings is 1. The topological polar surface area (TPSA) is 35.5 Å². The second-order valence-corrected chi connectivity index (χ2v) is 3.81. The highest BCUT2D eigenvalue weighted by atomic mass is 79.9. The van der Waals surface area contributed by atoms with Crippen LogP contribution < -0.4 is 9.47 Å². The molecule has 0 heterocycles. The van der Waals surface area contributed by atoms with Crippen LogP contribution in [0.3, 0.4) is 0 Å². The number of ether oxygens (including phenoxy) is 2. The number of methoxy groups -OCH3 is 2. The molecule has 0 saturated carbocycles. The van der Waals surface area contributed by atoms with Crippen molar-refractivity contribution in [3.63, 3.8) is 0 Å². The second-order valence-electron chi connectivity index (χ2n) is 3.02. The Bertz CT molecular complexity index is 443. The number of rotatable bonds is 3. The first kappa shape index (κ1) is 13.8. The summed E-state index contributed by atoms with van der Waals surface area (Å²) in [7, 11) is 2.56. The number of carbonyl (C=O) groups excluding carboxylic acids is 1. The summed E-state index contributed by atoms with van der Waals surface area (Å²) in [5.41, 5.74) is -0.548. The Hall–Kier alpha value is -1.24. The molecule has 7 heteroatoms. The molecule has 0 bridgehead atoms. The smallest absolute Gasteiger partial charge is 0.454 e. The average Bonchev–Trinajstić information content (AvgIpc) is 2.27. The lowest BCUT2D eigenvalue weighted by molar-refractivity contribution is -0.0885. The fraction of sp³-hybridized carbons (Fsp3) is 0.300. The molecule has 0 amide bonds. The predicted octanol–water partition coefficient (Wildman–Crippen LogP) is 3.21. The van der Waals surface area contributed by atoms with Crippen LogP contribution in [0.25, 0.3) is 0 Å². The summed E-state index contributed by atoms with van der Waals surface area (Å²) in [6, 6.07) is 2.37. The van der Waals surface area contributed by atoms with Gasteiger partial charge in [-0.15, -0.1) is 0 Å². The number of carbonyl (C=O) groups is 1. The Morgan fingerprint density at radius 1 is 1.24 bits per heavy atom. The highest BCUT2D eigenvalue weighted by Gasteiger charge is 2.41. The first-order valence-electron chi connectivity index (χ1n) is 4.34. The fourth-order valence-corrected chi connectivity index (χ4v) is 1.73. The quantitative estimate of drug-likeness (QED) is 0.804. The Labute approximate surface area is 104 Å². The van der Waals surface area contributed by atoms with Crippen LogP contribution >= 0.6 is 15.9 Å². The summed E-state index contributed by atoms with van der Waals surface area (Å²) in [6.45, 7) is 0. The van der Waals surface area contributed by atoms with Gasteiger partial charge in [-0.25, -0.2) is 0 Å². The molecule has 0 atom stereocenters. The fourth-order valence-electron chi connectivity index (χ4n) is 1.16. The second kappa shape index (κ2) is 4.95. The number of Topliss-reactive ketones (excluding diaryl/α,β-unsaturated/α-hetero) is 1. The van der Waals surface area contributed by atoms with Crippen molar-refractivity contribution in [2.45, 2.75) is 6.18 Å². The highest BCUT2D eigenvalue weighted by Crippen LogP contribution is 2.36. The molecule has 94 valence electrons. The molecule has 17 heavy (non-hydrogen) atoms. The van der Waals surface area contributed by atoms with Crippen LogP contribution in [0.15, 0.2) is 16.6 Å². The molecule has 3 nitrogen and oxygen atoms in total. The average molecular weight is 313 g/mol. The molecular weight excluding hydrogens is 305 g/mol. The zero-order valence-corrected chi connectivity index (χ0v) is 10.5. The molecule has 0 unspecified atom stereocenters. The van der Waals surface area contributed by atoms with Crippen molar-refractivity contribution in [3.05, 3.63) is 22.2 Å². The maximum Gasteiger partial charge on any atom is 0.454 e. The van der Waals surface area contributed by atoms with Crippen molar-refractivity contribution in [1.29, 1.82) is 0 Å². The third-order valence-corrected chi connectivity index (χ3v) is 2.79.